The van der Waals surface area contributed by atoms with Crippen molar-refractivity contribution < 1.29 is 4.79 Å². The van der Waals surface area contributed by atoms with E-state index in [2.05, 4.69) is 29.2 Å². The van der Waals surface area contributed by atoms with E-state index in [1.54, 1.807) is 4.90 Å². The molecule has 0 atom stereocenters. The molecule has 0 saturated heterocycles. The van der Waals surface area contributed by atoms with E-state index < -0.39 is 0 Å². The predicted octanol–water partition coefficient (Wildman–Crippen LogP) is 2.61. The Labute approximate surface area is 130 Å². The van der Waals surface area contributed by atoms with Crippen molar-refractivity contribution in [1.29, 1.82) is 0 Å². The van der Waals surface area contributed by atoms with Crippen molar-refractivity contribution in [1.82, 2.24) is 4.98 Å². The molecule has 4 heteroatoms. The Morgan fingerprint density at radius 2 is 2.05 bits per heavy atom. The number of nitrogens with zero attached hydrogens (tertiary/aromatic N) is 2. The normalized spacial score (nSPS) is 19.0. The van der Waals surface area contributed by atoms with Crippen LogP contribution in [0.2, 0.25) is 0 Å². The number of anilines is 1. The lowest BCUT2D eigenvalue weighted by Crippen LogP contribution is -2.31. The first-order valence-electron chi connectivity index (χ1n) is 7.72. The first kappa shape index (κ1) is 13.5. The van der Waals surface area contributed by atoms with Crippen LogP contribution >= 0.6 is 0 Å². The SMILES string of the molecule is CN1C(=O)CCc2cccc(-c3cncc(C4(N)CC4)c3)c21. The number of nitrogens with two attached hydrogens (primary N) is 1. The molecule has 0 unspecified atom stereocenters. The summed E-state index contributed by atoms with van der Waals surface area (Å²) in [5.41, 5.74) is 11.5. The monoisotopic (exact) mass is 293 g/mol. The van der Waals surface area contributed by atoms with Crippen molar-refractivity contribution in [3.8, 4) is 11.1 Å². The zero-order chi connectivity index (χ0) is 15.3. The van der Waals surface area contributed by atoms with Crippen LogP contribution in [0.4, 0.5) is 5.69 Å². The van der Waals surface area contributed by atoms with Crippen LogP contribution < -0.4 is 10.6 Å². The van der Waals surface area contributed by atoms with Crippen molar-refractivity contribution in [2.75, 3.05) is 11.9 Å². The Morgan fingerprint density at radius 3 is 2.82 bits per heavy atom. The van der Waals surface area contributed by atoms with Gasteiger partial charge in [0, 0.05) is 42.5 Å². The molecule has 1 aliphatic carbocycles. The zero-order valence-electron chi connectivity index (χ0n) is 12.7. The third-order valence-corrected chi connectivity index (χ3v) is 4.85. The van der Waals surface area contributed by atoms with Crippen LogP contribution in [0.3, 0.4) is 0 Å². The highest BCUT2D eigenvalue weighted by Gasteiger charge is 2.40. The van der Waals surface area contributed by atoms with E-state index in [0.717, 1.165) is 41.6 Å². The molecule has 1 saturated carbocycles. The average molecular weight is 293 g/mol. The lowest BCUT2D eigenvalue weighted by atomic mass is 9.93. The van der Waals surface area contributed by atoms with Crippen molar-refractivity contribution >= 4 is 11.6 Å². The number of aryl methyl sites for hydroxylation is 1. The lowest BCUT2D eigenvalue weighted by Gasteiger charge is -2.28. The fourth-order valence-corrected chi connectivity index (χ4v) is 3.24. The molecule has 1 aromatic heterocycles. The minimum absolute atomic E-state index is 0.168. The highest BCUT2D eigenvalue weighted by Crippen LogP contribution is 2.44. The maximum atomic E-state index is 12.1. The molecule has 2 N–H and O–H groups in total. The fourth-order valence-electron chi connectivity index (χ4n) is 3.24. The summed E-state index contributed by atoms with van der Waals surface area (Å²) in [6, 6.07) is 8.34. The number of para-hydroxylation sites is 1. The molecule has 1 fully saturated rings. The van der Waals surface area contributed by atoms with Crippen LogP contribution in [0.25, 0.3) is 11.1 Å². The molecule has 112 valence electrons. The topological polar surface area (TPSA) is 59.2 Å². The van der Waals surface area contributed by atoms with Crippen LogP contribution in [-0.2, 0) is 16.8 Å². The van der Waals surface area contributed by atoms with E-state index in [0.29, 0.717) is 6.42 Å². The predicted molar refractivity (Wildman–Crippen MR) is 86.5 cm³/mol. The minimum atomic E-state index is -0.195. The number of benzene rings is 1. The zero-order valence-corrected chi connectivity index (χ0v) is 12.7. The number of rotatable bonds is 2. The molecular formula is C18H19N3O. The van der Waals surface area contributed by atoms with Gasteiger partial charge >= 0.3 is 0 Å². The van der Waals surface area contributed by atoms with Gasteiger partial charge in [0.2, 0.25) is 5.91 Å². The molecule has 4 nitrogen and oxygen atoms in total. The highest BCUT2D eigenvalue weighted by atomic mass is 16.2. The van der Waals surface area contributed by atoms with Crippen LogP contribution in [0.5, 0.6) is 0 Å². The van der Waals surface area contributed by atoms with Crippen molar-refractivity contribution in [3.63, 3.8) is 0 Å². The van der Waals surface area contributed by atoms with Crippen LogP contribution in [-0.4, -0.2) is 17.9 Å². The summed E-state index contributed by atoms with van der Waals surface area (Å²) in [6.07, 6.45) is 7.14. The third-order valence-electron chi connectivity index (χ3n) is 4.85. The third kappa shape index (κ3) is 2.03. The second-order valence-corrected chi connectivity index (χ2v) is 6.38. The summed E-state index contributed by atoms with van der Waals surface area (Å²) in [4.78, 5) is 18.2. The standard InChI is InChI=1S/C18H19N3O/c1-21-16(22)6-5-12-3-2-4-15(17(12)21)13-9-14(11-20-10-13)18(19)7-8-18/h2-4,9-11H,5-8,19H2,1H3. The molecule has 1 aromatic carbocycles. The van der Waals surface area contributed by atoms with Crippen molar-refractivity contribution in [2.24, 2.45) is 5.73 Å². The quantitative estimate of drug-likeness (QED) is 0.926. The first-order chi connectivity index (χ1) is 10.6. The first-order valence-corrected chi connectivity index (χ1v) is 7.72. The van der Waals surface area contributed by atoms with E-state index in [1.165, 1.54) is 5.56 Å². The molecule has 22 heavy (non-hydrogen) atoms. The van der Waals surface area contributed by atoms with Crippen LogP contribution in [0.15, 0.2) is 36.7 Å². The molecular weight excluding hydrogens is 274 g/mol. The summed E-state index contributed by atoms with van der Waals surface area (Å²) in [5.74, 6) is 0.168. The number of carbonyl (C=O) groups excluding carboxylic acids is 1. The fraction of sp³-hybridized carbons (Fsp3) is 0.333. The van der Waals surface area contributed by atoms with Gasteiger partial charge in [-0.3, -0.25) is 9.78 Å². The number of amides is 1. The molecule has 2 heterocycles. The number of hydrogen-bond donors (Lipinski definition) is 1. The molecule has 1 amide bonds. The summed E-state index contributed by atoms with van der Waals surface area (Å²) in [5, 5.41) is 0. The maximum Gasteiger partial charge on any atom is 0.227 e. The maximum absolute atomic E-state index is 12.1. The van der Waals surface area contributed by atoms with Gasteiger partial charge in [-0.1, -0.05) is 18.2 Å². The van der Waals surface area contributed by atoms with Gasteiger partial charge in [-0.15, -0.1) is 0 Å². The number of hydrogen-bond acceptors (Lipinski definition) is 3. The molecule has 2 aromatic rings. The molecule has 0 spiro atoms. The second kappa shape index (κ2) is 4.65. The smallest absolute Gasteiger partial charge is 0.227 e. The van der Waals surface area contributed by atoms with Gasteiger partial charge < -0.3 is 10.6 Å². The Hall–Kier alpha value is -2.20. The largest absolute Gasteiger partial charge is 0.321 e. The number of pyridine rings is 1. The summed E-state index contributed by atoms with van der Waals surface area (Å²) >= 11 is 0. The van der Waals surface area contributed by atoms with Gasteiger partial charge in [0.05, 0.1) is 5.69 Å². The van der Waals surface area contributed by atoms with Gasteiger partial charge in [-0.05, 0) is 36.5 Å². The number of fused-ring (bicyclic) bond motifs is 1. The van der Waals surface area contributed by atoms with E-state index >= 15 is 0 Å². The lowest BCUT2D eigenvalue weighted by molar-refractivity contribution is -0.118. The van der Waals surface area contributed by atoms with Crippen LogP contribution in [0.1, 0.15) is 30.4 Å². The van der Waals surface area contributed by atoms with Crippen molar-refractivity contribution in [2.45, 2.75) is 31.2 Å². The van der Waals surface area contributed by atoms with E-state index in [9.17, 15) is 4.79 Å². The van der Waals surface area contributed by atoms with E-state index in [-0.39, 0.29) is 11.4 Å². The Morgan fingerprint density at radius 1 is 1.23 bits per heavy atom. The molecule has 4 rings (SSSR count). The minimum Gasteiger partial charge on any atom is -0.321 e. The van der Waals surface area contributed by atoms with Crippen LogP contribution in [0, 0.1) is 0 Å². The molecule has 0 radical (unpaired) electrons. The molecule has 2 aliphatic rings. The van der Waals surface area contributed by atoms with E-state index in [1.807, 2.05) is 19.4 Å². The Balaban J connectivity index is 1.85. The summed E-state index contributed by atoms with van der Waals surface area (Å²) in [6.45, 7) is 0. The average Bonchev–Trinajstić information content (AvgIpc) is 3.30. The van der Waals surface area contributed by atoms with Crippen molar-refractivity contribution in [3.05, 3.63) is 47.8 Å². The molecule has 0 bridgehead atoms. The Kier molecular flexibility index (Phi) is 2.84. The van der Waals surface area contributed by atoms with E-state index in [4.69, 9.17) is 5.73 Å². The highest BCUT2D eigenvalue weighted by molar-refractivity contribution is 6.00. The number of aromatic nitrogens is 1. The Bertz CT molecular complexity index is 765. The summed E-state index contributed by atoms with van der Waals surface area (Å²) < 4.78 is 0. The van der Waals surface area contributed by atoms with Gasteiger partial charge in [-0.25, -0.2) is 0 Å². The van der Waals surface area contributed by atoms with Gasteiger partial charge in [0.25, 0.3) is 0 Å². The summed E-state index contributed by atoms with van der Waals surface area (Å²) in [7, 11) is 1.85. The second-order valence-electron chi connectivity index (χ2n) is 6.38. The van der Waals surface area contributed by atoms with Gasteiger partial charge in [-0.2, -0.15) is 0 Å². The van der Waals surface area contributed by atoms with Gasteiger partial charge in [0.15, 0.2) is 0 Å². The number of carbonyl (C=O) groups is 1. The molecule has 1 aliphatic heterocycles. The van der Waals surface area contributed by atoms with Gasteiger partial charge in [0.1, 0.15) is 0 Å².